The van der Waals surface area contributed by atoms with Crippen molar-refractivity contribution < 1.29 is 26.4 Å². The average Bonchev–Trinajstić information content (AvgIpc) is 2.60. The second-order valence-corrected chi connectivity index (χ2v) is 4.04. The van der Waals surface area contributed by atoms with E-state index in [-0.39, 0.29) is 12.4 Å². The number of nitrogens with zero attached hydrogens (tertiary/aromatic N) is 1. The summed E-state index contributed by atoms with van der Waals surface area (Å²) in [7, 11) is 6.49. The van der Waals surface area contributed by atoms with Gasteiger partial charge in [0.2, 0.25) is 0 Å². The molecule has 0 N–H and O–H groups in total. The summed E-state index contributed by atoms with van der Waals surface area (Å²) in [5.41, 5.74) is 0. The van der Waals surface area contributed by atoms with Crippen LogP contribution in [-0.2, 0) is 9.47 Å². The number of rotatable bonds is 5. The van der Waals surface area contributed by atoms with Crippen molar-refractivity contribution in [3.63, 3.8) is 0 Å². The van der Waals surface area contributed by atoms with Gasteiger partial charge in [0.25, 0.3) is 0 Å². The van der Waals surface area contributed by atoms with Gasteiger partial charge in [-0.15, -0.1) is 0 Å². The molecule has 0 bridgehead atoms. The molecule has 0 aliphatic carbocycles. The van der Waals surface area contributed by atoms with Gasteiger partial charge >= 0.3 is 0 Å². The molecular weight excluding hydrogens is 178 g/mol. The number of halogens is 1. The largest absolute Gasteiger partial charge is 1.00 e. The van der Waals surface area contributed by atoms with Gasteiger partial charge < -0.3 is 26.4 Å². The number of hydrogen-bond donors (Lipinski definition) is 0. The van der Waals surface area contributed by atoms with Crippen LogP contribution in [0, 0.1) is 0 Å². The van der Waals surface area contributed by atoms with Gasteiger partial charge in [-0.3, -0.25) is 0 Å². The first-order valence-electron chi connectivity index (χ1n) is 4.08. The van der Waals surface area contributed by atoms with E-state index in [1.165, 1.54) is 0 Å². The zero-order valence-electron chi connectivity index (χ0n) is 8.05. The zero-order valence-corrected chi connectivity index (χ0v) is 8.80. The van der Waals surface area contributed by atoms with E-state index < -0.39 is 0 Å². The molecule has 0 aromatic heterocycles. The normalized spacial score (nSPS) is 21.8. The summed E-state index contributed by atoms with van der Waals surface area (Å²) in [6.07, 6.45) is 0.405. The van der Waals surface area contributed by atoms with Gasteiger partial charge in [-0.25, -0.2) is 0 Å². The van der Waals surface area contributed by atoms with Gasteiger partial charge in [0.15, 0.2) is 0 Å². The van der Waals surface area contributed by atoms with Gasteiger partial charge in [-0.1, -0.05) is 0 Å². The molecule has 1 aliphatic heterocycles. The Hall–Kier alpha value is 0.170. The van der Waals surface area contributed by atoms with Crippen LogP contribution in [0.4, 0.5) is 0 Å². The lowest BCUT2D eigenvalue weighted by Gasteiger charge is -2.23. The molecule has 1 fully saturated rings. The highest BCUT2D eigenvalue weighted by molar-refractivity contribution is 4.66. The van der Waals surface area contributed by atoms with Gasteiger partial charge in [0.1, 0.15) is 12.6 Å². The molecule has 0 aromatic rings. The number of likely N-dealkylation sites (N-methyl/N-ethyl adjacent to an activating group) is 1. The summed E-state index contributed by atoms with van der Waals surface area (Å²) in [6.45, 7) is 3.57. The van der Waals surface area contributed by atoms with E-state index in [2.05, 4.69) is 21.1 Å². The van der Waals surface area contributed by atoms with Crippen molar-refractivity contribution in [2.45, 2.75) is 6.10 Å². The second-order valence-electron chi connectivity index (χ2n) is 4.04. The number of hydrogen-bond acceptors (Lipinski definition) is 2. The van der Waals surface area contributed by atoms with E-state index in [4.69, 9.17) is 9.47 Å². The summed E-state index contributed by atoms with van der Waals surface area (Å²) in [4.78, 5) is 0. The lowest BCUT2D eigenvalue weighted by molar-refractivity contribution is -0.870. The minimum Gasteiger partial charge on any atom is -1.00 e. The molecule has 3 nitrogen and oxygen atoms in total. The molecule has 12 heavy (non-hydrogen) atoms. The van der Waals surface area contributed by atoms with E-state index in [0.29, 0.717) is 6.10 Å². The van der Waals surface area contributed by atoms with Crippen molar-refractivity contribution >= 4 is 0 Å². The quantitative estimate of drug-likeness (QED) is 0.267. The van der Waals surface area contributed by atoms with Crippen LogP contribution in [0.15, 0.2) is 0 Å². The molecule has 1 unspecified atom stereocenters. The zero-order chi connectivity index (χ0) is 8.32. The number of epoxide rings is 1. The standard InChI is InChI=1S/C8H18NO2.ClH/c1-9(2,3)4-5-10-6-8-7-11-8;/h8H,4-7H2,1-3H3;1H/q+1;/p-1. The molecule has 1 atom stereocenters. The number of ether oxygens (including phenoxy) is 2. The van der Waals surface area contributed by atoms with Crippen LogP contribution < -0.4 is 12.4 Å². The third kappa shape index (κ3) is 6.85. The SMILES string of the molecule is C[N+](C)(C)CCOCC1CO1.[Cl-]. The van der Waals surface area contributed by atoms with Gasteiger partial charge in [0, 0.05) is 0 Å². The Labute approximate surface area is 80.6 Å². The lowest BCUT2D eigenvalue weighted by Crippen LogP contribution is -3.00. The second kappa shape index (κ2) is 5.02. The molecule has 1 aliphatic rings. The van der Waals surface area contributed by atoms with Crippen molar-refractivity contribution in [2.24, 2.45) is 0 Å². The summed E-state index contributed by atoms with van der Waals surface area (Å²) < 4.78 is 11.4. The van der Waals surface area contributed by atoms with E-state index in [9.17, 15) is 0 Å². The van der Waals surface area contributed by atoms with Crippen molar-refractivity contribution in [3.8, 4) is 0 Å². The average molecular weight is 196 g/mol. The molecule has 0 spiro atoms. The predicted octanol–water partition coefficient (Wildman–Crippen LogP) is -2.89. The highest BCUT2D eigenvalue weighted by Gasteiger charge is 2.22. The fourth-order valence-corrected chi connectivity index (χ4v) is 0.717. The Morgan fingerprint density at radius 2 is 2.00 bits per heavy atom. The highest BCUT2D eigenvalue weighted by Crippen LogP contribution is 2.08. The van der Waals surface area contributed by atoms with Crippen LogP contribution in [0.2, 0.25) is 0 Å². The minimum absolute atomic E-state index is 0. The van der Waals surface area contributed by atoms with Crippen LogP contribution in [0.5, 0.6) is 0 Å². The van der Waals surface area contributed by atoms with Crippen LogP contribution in [0.25, 0.3) is 0 Å². The van der Waals surface area contributed by atoms with E-state index >= 15 is 0 Å². The van der Waals surface area contributed by atoms with Crippen LogP contribution in [-0.4, -0.2) is 58.1 Å². The maximum absolute atomic E-state index is 5.39. The monoisotopic (exact) mass is 195 g/mol. The summed E-state index contributed by atoms with van der Waals surface area (Å²) in [5, 5.41) is 0. The Morgan fingerprint density at radius 1 is 1.42 bits per heavy atom. The van der Waals surface area contributed by atoms with E-state index in [1.54, 1.807) is 0 Å². The number of quaternary nitrogens is 1. The minimum atomic E-state index is 0. The Balaban J connectivity index is 0.00000121. The molecule has 0 amide bonds. The first-order chi connectivity index (χ1) is 5.08. The molecule has 1 saturated heterocycles. The third-order valence-corrected chi connectivity index (χ3v) is 1.61. The van der Waals surface area contributed by atoms with Crippen molar-refractivity contribution in [1.82, 2.24) is 0 Å². The van der Waals surface area contributed by atoms with E-state index in [1.807, 2.05) is 0 Å². The lowest BCUT2D eigenvalue weighted by atomic mass is 10.5. The molecule has 0 aromatic carbocycles. The molecule has 4 heteroatoms. The van der Waals surface area contributed by atoms with Crippen molar-refractivity contribution in [2.75, 3.05) is 47.5 Å². The topological polar surface area (TPSA) is 21.8 Å². The van der Waals surface area contributed by atoms with Crippen LogP contribution in [0.3, 0.4) is 0 Å². The smallest absolute Gasteiger partial charge is 0.104 e. The molecule has 74 valence electrons. The third-order valence-electron chi connectivity index (χ3n) is 1.61. The predicted molar refractivity (Wildman–Crippen MR) is 43.5 cm³/mol. The van der Waals surface area contributed by atoms with Crippen molar-refractivity contribution in [1.29, 1.82) is 0 Å². The highest BCUT2D eigenvalue weighted by atomic mass is 35.5. The molecule has 1 heterocycles. The van der Waals surface area contributed by atoms with E-state index in [0.717, 1.165) is 30.8 Å². The summed E-state index contributed by atoms with van der Waals surface area (Å²) in [5.74, 6) is 0. The summed E-state index contributed by atoms with van der Waals surface area (Å²) >= 11 is 0. The Kier molecular flexibility index (Phi) is 5.09. The molecular formula is C8H18ClNO2. The molecule has 0 saturated carbocycles. The Morgan fingerprint density at radius 3 is 2.42 bits per heavy atom. The first kappa shape index (κ1) is 12.2. The maximum atomic E-state index is 5.39. The van der Waals surface area contributed by atoms with Crippen LogP contribution >= 0.6 is 0 Å². The maximum Gasteiger partial charge on any atom is 0.104 e. The first-order valence-corrected chi connectivity index (χ1v) is 4.08. The Bertz CT molecular complexity index is 121. The molecule has 0 radical (unpaired) electrons. The van der Waals surface area contributed by atoms with Crippen molar-refractivity contribution in [3.05, 3.63) is 0 Å². The van der Waals surface area contributed by atoms with Gasteiger partial charge in [-0.2, -0.15) is 0 Å². The van der Waals surface area contributed by atoms with Gasteiger partial charge in [-0.05, 0) is 0 Å². The fraction of sp³-hybridized carbons (Fsp3) is 1.00. The van der Waals surface area contributed by atoms with Gasteiger partial charge in [0.05, 0.1) is 41.0 Å². The van der Waals surface area contributed by atoms with Crippen LogP contribution in [0.1, 0.15) is 0 Å². The molecule has 1 rings (SSSR count). The summed E-state index contributed by atoms with van der Waals surface area (Å²) in [6, 6.07) is 0. The fourth-order valence-electron chi connectivity index (χ4n) is 0.717.